The molecule has 1 aliphatic rings. The molecule has 1 fully saturated rings. The molecule has 0 atom stereocenters. The highest BCUT2D eigenvalue weighted by atomic mass is 16.2. The van der Waals surface area contributed by atoms with Gasteiger partial charge in [0.05, 0.1) is 0 Å². The third kappa shape index (κ3) is 5.89. The molecule has 2 rings (SSSR count). The quantitative estimate of drug-likeness (QED) is 0.832. The number of piperidine rings is 1. The zero-order valence-electron chi connectivity index (χ0n) is 15.0. The minimum absolute atomic E-state index is 0.00654. The van der Waals surface area contributed by atoms with Crippen molar-refractivity contribution in [1.29, 1.82) is 0 Å². The molecule has 0 radical (unpaired) electrons. The van der Waals surface area contributed by atoms with Gasteiger partial charge in [0.2, 0.25) is 17.7 Å². The highest BCUT2D eigenvalue weighted by molar-refractivity contribution is 5.93. The maximum Gasteiger partial charge on any atom is 0.227 e. The Morgan fingerprint density at radius 3 is 2.12 bits per heavy atom. The van der Waals surface area contributed by atoms with Gasteiger partial charge in [-0.15, -0.1) is 0 Å². The van der Waals surface area contributed by atoms with Gasteiger partial charge in [-0.3, -0.25) is 14.4 Å². The molecule has 0 aliphatic carbocycles. The van der Waals surface area contributed by atoms with E-state index in [2.05, 4.69) is 17.6 Å². The Hall–Kier alpha value is -2.37. The largest absolute Gasteiger partial charge is 0.343 e. The molecule has 6 nitrogen and oxygen atoms in total. The van der Waals surface area contributed by atoms with Crippen molar-refractivity contribution in [2.45, 2.75) is 46.0 Å². The molecule has 6 heteroatoms. The van der Waals surface area contributed by atoms with Gasteiger partial charge in [0.25, 0.3) is 0 Å². The monoisotopic (exact) mass is 345 g/mol. The molecule has 1 aromatic rings. The average Bonchev–Trinajstić information content (AvgIpc) is 2.61. The molecule has 1 aliphatic heterocycles. The fourth-order valence-corrected chi connectivity index (χ4v) is 2.96. The summed E-state index contributed by atoms with van der Waals surface area (Å²) in [6, 6.07) is 7.05. The molecule has 1 saturated heterocycles. The van der Waals surface area contributed by atoms with Gasteiger partial charge < -0.3 is 15.5 Å². The van der Waals surface area contributed by atoms with E-state index in [4.69, 9.17) is 0 Å². The first-order valence-electron chi connectivity index (χ1n) is 8.96. The molecule has 1 aromatic carbocycles. The van der Waals surface area contributed by atoms with Gasteiger partial charge >= 0.3 is 0 Å². The number of amides is 3. The first-order valence-corrected chi connectivity index (χ1v) is 8.96. The van der Waals surface area contributed by atoms with Crippen LogP contribution in [-0.2, 0) is 14.4 Å². The Morgan fingerprint density at radius 1 is 1.04 bits per heavy atom. The van der Waals surface area contributed by atoms with Crippen LogP contribution in [0.4, 0.5) is 11.4 Å². The van der Waals surface area contributed by atoms with E-state index in [1.807, 2.05) is 4.90 Å². The highest BCUT2D eigenvalue weighted by Gasteiger charge is 2.27. The van der Waals surface area contributed by atoms with E-state index in [1.54, 1.807) is 24.3 Å². The van der Waals surface area contributed by atoms with Crippen molar-refractivity contribution in [3.05, 3.63) is 24.3 Å². The van der Waals surface area contributed by atoms with Crippen molar-refractivity contribution in [3.63, 3.8) is 0 Å². The van der Waals surface area contributed by atoms with Crippen LogP contribution in [0.25, 0.3) is 0 Å². The molecule has 3 amide bonds. The number of nitrogens with one attached hydrogen (secondary N) is 2. The molecular weight excluding hydrogens is 318 g/mol. The van der Waals surface area contributed by atoms with Crippen molar-refractivity contribution < 1.29 is 14.4 Å². The van der Waals surface area contributed by atoms with E-state index in [0.29, 0.717) is 43.7 Å². The number of carbonyl (C=O) groups is 3. The Bertz CT molecular complexity index is 605. The summed E-state index contributed by atoms with van der Waals surface area (Å²) < 4.78 is 0. The van der Waals surface area contributed by atoms with E-state index in [9.17, 15) is 14.4 Å². The first-order chi connectivity index (χ1) is 12.0. The van der Waals surface area contributed by atoms with Crippen LogP contribution in [0.3, 0.4) is 0 Å². The number of benzene rings is 1. The van der Waals surface area contributed by atoms with Crippen LogP contribution in [0.5, 0.6) is 0 Å². The van der Waals surface area contributed by atoms with Crippen LogP contribution >= 0.6 is 0 Å². The molecule has 0 aromatic heterocycles. The maximum atomic E-state index is 12.4. The Morgan fingerprint density at radius 2 is 1.60 bits per heavy atom. The third-order valence-electron chi connectivity index (χ3n) is 4.44. The molecule has 0 saturated carbocycles. The van der Waals surface area contributed by atoms with Crippen molar-refractivity contribution in [2.24, 2.45) is 5.92 Å². The number of unbranched alkanes of at least 4 members (excludes halogenated alkanes) is 1. The topological polar surface area (TPSA) is 78.5 Å². The second-order valence-electron chi connectivity index (χ2n) is 6.51. The number of hydrogen-bond donors (Lipinski definition) is 2. The van der Waals surface area contributed by atoms with Gasteiger partial charge in [0.1, 0.15) is 0 Å². The van der Waals surface area contributed by atoms with Crippen LogP contribution in [-0.4, -0.2) is 35.7 Å². The number of likely N-dealkylation sites (tertiary alicyclic amines) is 1. The normalized spacial score (nSPS) is 14.9. The van der Waals surface area contributed by atoms with Crippen molar-refractivity contribution in [1.82, 2.24) is 4.90 Å². The molecule has 0 bridgehead atoms. The minimum atomic E-state index is -0.128. The summed E-state index contributed by atoms with van der Waals surface area (Å²) in [7, 11) is 0. The molecule has 2 N–H and O–H groups in total. The van der Waals surface area contributed by atoms with Gasteiger partial charge in [-0.25, -0.2) is 0 Å². The van der Waals surface area contributed by atoms with E-state index < -0.39 is 0 Å². The van der Waals surface area contributed by atoms with Crippen LogP contribution in [0.2, 0.25) is 0 Å². The summed E-state index contributed by atoms with van der Waals surface area (Å²) in [6.45, 7) is 4.84. The van der Waals surface area contributed by atoms with Gasteiger partial charge in [0.15, 0.2) is 0 Å². The van der Waals surface area contributed by atoms with Crippen molar-refractivity contribution in [3.8, 4) is 0 Å². The lowest BCUT2D eigenvalue weighted by atomic mass is 9.95. The van der Waals surface area contributed by atoms with E-state index in [1.165, 1.54) is 6.92 Å². The molecule has 0 spiro atoms. The molecule has 25 heavy (non-hydrogen) atoms. The van der Waals surface area contributed by atoms with E-state index >= 15 is 0 Å². The molecular formula is C19H27N3O3. The number of carbonyl (C=O) groups excluding carboxylic acids is 3. The van der Waals surface area contributed by atoms with Crippen LogP contribution in [0.1, 0.15) is 46.0 Å². The zero-order valence-corrected chi connectivity index (χ0v) is 15.0. The van der Waals surface area contributed by atoms with Crippen molar-refractivity contribution >= 4 is 29.1 Å². The molecule has 0 unspecified atom stereocenters. The summed E-state index contributed by atoms with van der Waals surface area (Å²) in [5, 5.41) is 5.60. The van der Waals surface area contributed by atoms with Gasteiger partial charge in [-0.05, 0) is 43.5 Å². The minimum Gasteiger partial charge on any atom is -0.343 e. The fourth-order valence-electron chi connectivity index (χ4n) is 2.96. The first kappa shape index (κ1) is 19.0. The number of rotatable bonds is 6. The van der Waals surface area contributed by atoms with Gasteiger partial charge in [-0.2, -0.15) is 0 Å². The lowest BCUT2D eigenvalue weighted by Gasteiger charge is -2.31. The summed E-state index contributed by atoms with van der Waals surface area (Å²) in [4.78, 5) is 37.3. The number of hydrogen-bond acceptors (Lipinski definition) is 3. The third-order valence-corrected chi connectivity index (χ3v) is 4.44. The molecule has 136 valence electrons. The molecule has 1 heterocycles. The highest BCUT2D eigenvalue weighted by Crippen LogP contribution is 2.21. The second-order valence-corrected chi connectivity index (χ2v) is 6.51. The summed E-state index contributed by atoms with van der Waals surface area (Å²) >= 11 is 0. The van der Waals surface area contributed by atoms with Crippen LogP contribution in [0, 0.1) is 5.92 Å². The van der Waals surface area contributed by atoms with E-state index in [-0.39, 0.29) is 23.6 Å². The van der Waals surface area contributed by atoms with Gasteiger partial charge in [0, 0.05) is 43.7 Å². The summed E-state index contributed by atoms with van der Waals surface area (Å²) in [6.07, 6.45) is 3.95. The zero-order chi connectivity index (χ0) is 18.2. The summed E-state index contributed by atoms with van der Waals surface area (Å²) in [5.74, 6) is 0.00415. The maximum absolute atomic E-state index is 12.4. The predicted molar refractivity (Wildman–Crippen MR) is 98.2 cm³/mol. The SMILES string of the molecule is CCCCC(=O)N1CCC(C(=O)Nc2ccc(NC(C)=O)cc2)CC1. The number of anilines is 2. The average molecular weight is 345 g/mol. The van der Waals surface area contributed by atoms with Gasteiger partial charge in [-0.1, -0.05) is 13.3 Å². The van der Waals surface area contributed by atoms with Crippen molar-refractivity contribution in [2.75, 3.05) is 23.7 Å². The van der Waals surface area contributed by atoms with Crippen LogP contribution in [0.15, 0.2) is 24.3 Å². The Balaban J connectivity index is 1.80. The van der Waals surface area contributed by atoms with Crippen LogP contribution < -0.4 is 10.6 Å². The smallest absolute Gasteiger partial charge is 0.227 e. The fraction of sp³-hybridized carbons (Fsp3) is 0.526. The Labute approximate surface area is 149 Å². The standard InChI is InChI=1S/C19H27N3O3/c1-3-4-5-18(24)22-12-10-15(11-13-22)19(25)21-17-8-6-16(7-9-17)20-14(2)23/h6-9,15H,3-5,10-13H2,1-2H3,(H,20,23)(H,21,25). The summed E-state index contributed by atoms with van der Waals surface area (Å²) in [5.41, 5.74) is 1.41. The predicted octanol–water partition coefficient (Wildman–Crippen LogP) is 3.01. The number of nitrogens with zero attached hydrogens (tertiary/aromatic N) is 1. The van der Waals surface area contributed by atoms with E-state index in [0.717, 1.165) is 12.8 Å². The Kier molecular flexibility index (Phi) is 6.98. The lowest BCUT2D eigenvalue weighted by molar-refractivity contribution is -0.134. The second kappa shape index (κ2) is 9.20. The lowest BCUT2D eigenvalue weighted by Crippen LogP contribution is -2.41.